The van der Waals surface area contributed by atoms with Gasteiger partial charge < -0.3 is 10.6 Å². The Labute approximate surface area is 107 Å². The summed E-state index contributed by atoms with van der Waals surface area (Å²) in [4.78, 5) is 12.8. The van der Waals surface area contributed by atoms with Crippen molar-refractivity contribution in [3.8, 4) is 0 Å². The summed E-state index contributed by atoms with van der Waals surface area (Å²) in [5.41, 5.74) is 0. The van der Waals surface area contributed by atoms with Crippen molar-refractivity contribution in [3.63, 3.8) is 0 Å². The highest BCUT2D eigenvalue weighted by atomic mass is 32.1. The van der Waals surface area contributed by atoms with E-state index in [4.69, 9.17) is 0 Å². The van der Waals surface area contributed by atoms with Crippen LogP contribution in [0.5, 0.6) is 0 Å². The number of amides is 1. The van der Waals surface area contributed by atoms with E-state index in [-0.39, 0.29) is 5.91 Å². The van der Waals surface area contributed by atoms with Gasteiger partial charge in [0.1, 0.15) is 0 Å². The van der Waals surface area contributed by atoms with E-state index in [0.717, 1.165) is 13.0 Å². The Hall–Kier alpha value is -0.870. The SMILES string of the molecule is CC(NCCCC(=O)NC1CC1)c1cccs1. The zero-order valence-corrected chi connectivity index (χ0v) is 11.1. The van der Waals surface area contributed by atoms with Crippen LogP contribution in [0, 0.1) is 0 Å². The summed E-state index contributed by atoms with van der Waals surface area (Å²) in [5, 5.41) is 8.54. The minimum atomic E-state index is 0.207. The van der Waals surface area contributed by atoms with Crippen molar-refractivity contribution in [1.82, 2.24) is 10.6 Å². The molecule has 3 nitrogen and oxygen atoms in total. The fourth-order valence-corrected chi connectivity index (χ4v) is 2.49. The van der Waals surface area contributed by atoms with Crippen LogP contribution in [0.4, 0.5) is 0 Å². The highest BCUT2D eigenvalue weighted by Crippen LogP contribution is 2.19. The van der Waals surface area contributed by atoms with Gasteiger partial charge >= 0.3 is 0 Å². The second-order valence-corrected chi connectivity index (χ2v) is 5.62. The molecule has 1 unspecified atom stereocenters. The van der Waals surface area contributed by atoms with Crippen LogP contribution in [0.1, 0.15) is 43.5 Å². The van der Waals surface area contributed by atoms with Crippen molar-refractivity contribution >= 4 is 17.2 Å². The van der Waals surface area contributed by atoms with E-state index in [2.05, 4.69) is 35.1 Å². The van der Waals surface area contributed by atoms with Gasteiger partial charge in [0.2, 0.25) is 5.91 Å². The topological polar surface area (TPSA) is 41.1 Å². The summed E-state index contributed by atoms with van der Waals surface area (Å²) in [6.45, 7) is 3.06. The molecule has 1 heterocycles. The third-order valence-electron chi connectivity index (χ3n) is 2.94. The van der Waals surface area contributed by atoms with Crippen LogP contribution in [-0.2, 0) is 4.79 Å². The fourth-order valence-electron chi connectivity index (χ4n) is 1.73. The molecule has 1 saturated carbocycles. The van der Waals surface area contributed by atoms with E-state index in [9.17, 15) is 4.79 Å². The van der Waals surface area contributed by atoms with Gasteiger partial charge in [0.25, 0.3) is 0 Å². The smallest absolute Gasteiger partial charge is 0.220 e. The summed E-state index contributed by atoms with van der Waals surface area (Å²) in [7, 11) is 0. The lowest BCUT2D eigenvalue weighted by Gasteiger charge is -2.11. The number of carbonyl (C=O) groups is 1. The molecule has 0 aromatic carbocycles. The first-order valence-corrected chi connectivity index (χ1v) is 7.20. The second kappa shape index (κ2) is 6.17. The molecule has 1 aromatic heterocycles. The van der Waals surface area contributed by atoms with Crippen LogP contribution in [0.3, 0.4) is 0 Å². The zero-order chi connectivity index (χ0) is 12.1. The van der Waals surface area contributed by atoms with Crippen molar-refractivity contribution in [1.29, 1.82) is 0 Å². The maximum absolute atomic E-state index is 11.4. The molecule has 1 aromatic rings. The lowest BCUT2D eigenvalue weighted by molar-refractivity contribution is -0.121. The molecule has 1 atom stereocenters. The quantitative estimate of drug-likeness (QED) is 0.732. The first kappa shape index (κ1) is 12.6. The zero-order valence-electron chi connectivity index (χ0n) is 10.2. The Morgan fingerprint density at radius 3 is 3.06 bits per heavy atom. The number of nitrogens with one attached hydrogen (secondary N) is 2. The van der Waals surface area contributed by atoms with Gasteiger partial charge in [0.05, 0.1) is 0 Å². The standard InChI is InChI=1S/C13H20N2OS/c1-10(12-4-3-9-17-12)14-8-2-5-13(16)15-11-6-7-11/h3-4,9-11,14H,2,5-8H2,1H3,(H,15,16). The summed E-state index contributed by atoms with van der Waals surface area (Å²) in [5.74, 6) is 0.207. The van der Waals surface area contributed by atoms with E-state index in [1.165, 1.54) is 17.7 Å². The minimum Gasteiger partial charge on any atom is -0.353 e. The van der Waals surface area contributed by atoms with Gasteiger partial charge in [-0.3, -0.25) is 4.79 Å². The van der Waals surface area contributed by atoms with Crippen LogP contribution in [0.25, 0.3) is 0 Å². The Morgan fingerprint density at radius 2 is 2.41 bits per heavy atom. The average molecular weight is 252 g/mol. The van der Waals surface area contributed by atoms with Gasteiger partial charge in [-0.2, -0.15) is 0 Å². The fraction of sp³-hybridized carbons (Fsp3) is 0.615. The van der Waals surface area contributed by atoms with Crippen molar-refractivity contribution < 1.29 is 4.79 Å². The van der Waals surface area contributed by atoms with Crippen LogP contribution < -0.4 is 10.6 Å². The minimum absolute atomic E-state index is 0.207. The van der Waals surface area contributed by atoms with Crippen LogP contribution in [0.15, 0.2) is 17.5 Å². The van der Waals surface area contributed by atoms with Crippen molar-refractivity contribution in [2.75, 3.05) is 6.54 Å². The lowest BCUT2D eigenvalue weighted by atomic mass is 10.2. The van der Waals surface area contributed by atoms with Gasteiger partial charge in [-0.25, -0.2) is 0 Å². The largest absolute Gasteiger partial charge is 0.353 e. The highest BCUT2D eigenvalue weighted by molar-refractivity contribution is 7.10. The molecule has 0 bridgehead atoms. The van der Waals surface area contributed by atoms with Crippen molar-refractivity contribution in [2.24, 2.45) is 0 Å². The normalized spacial score (nSPS) is 16.8. The molecule has 2 N–H and O–H groups in total. The number of hydrogen-bond acceptors (Lipinski definition) is 3. The van der Waals surface area contributed by atoms with Gasteiger partial charge in [-0.05, 0) is 44.2 Å². The van der Waals surface area contributed by atoms with E-state index in [1.807, 2.05) is 0 Å². The molecule has 17 heavy (non-hydrogen) atoms. The molecule has 1 fully saturated rings. The first-order valence-electron chi connectivity index (χ1n) is 6.32. The van der Waals surface area contributed by atoms with Gasteiger partial charge in [0, 0.05) is 23.4 Å². The predicted molar refractivity (Wildman–Crippen MR) is 71.1 cm³/mol. The molecule has 94 valence electrons. The van der Waals surface area contributed by atoms with E-state index in [1.54, 1.807) is 11.3 Å². The van der Waals surface area contributed by atoms with E-state index < -0.39 is 0 Å². The Morgan fingerprint density at radius 1 is 1.59 bits per heavy atom. The summed E-state index contributed by atoms with van der Waals surface area (Å²) >= 11 is 1.77. The summed E-state index contributed by atoms with van der Waals surface area (Å²) in [6.07, 6.45) is 3.88. The molecule has 4 heteroatoms. The predicted octanol–water partition coefficient (Wildman–Crippen LogP) is 2.46. The van der Waals surface area contributed by atoms with Crippen LogP contribution in [-0.4, -0.2) is 18.5 Å². The number of rotatable bonds is 7. The number of hydrogen-bond donors (Lipinski definition) is 2. The van der Waals surface area contributed by atoms with Gasteiger partial charge in [-0.1, -0.05) is 6.07 Å². The third kappa shape index (κ3) is 4.48. The number of thiophene rings is 1. The molecule has 1 amide bonds. The molecular weight excluding hydrogens is 232 g/mol. The number of carbonyl (C=O) groups excluding carboxylic acids is 1. The molecular formula is C13H20N2OS. The first-order chi connectivity index (χ1) is 8.25. The van der Waals surface area contributed by atoms with Crippen LogP contribution in [0.2, 0.25) is 0 Å². The molecule has 1 aliphatic rings. The second-order valence-electron chi connectivity index (χ2n) is 4.64. The Kier molecular flexibility index (Phi) is 4.57. The Bertz CT molecular complexity index is 346. The van der Waals surface area contributed by atoms with E-state index >= 15 is 0 Å². The molecule has 0 spiro atoms. The maximum Gasteiger partial charge on any atom is 0.220 e. The maximum atomic E-state index is 11.4. The lowest BCUT2D eigenvalue weighted by Crippen LogP contribution is -2.26. The molecule has 0 saturated heterocycles. The molecule has 1 aliphatic carbocycles. The molecule has 2 rings (SSSR count). The Balaban J connectivity index is 1.54. The monoisotopic (exact) mass is 252 g/mol. The van der Waals surface area contributed by atoms with Gasteiger partial charge in [0.15, 0.2) is 0 Å². The van der Waals surface area contributed by atoms with Gasteiger partial charge in [-0.15, -0.1) is 11.3 Å². The van der Waals surface area contributed by atoms with Crippen LogP contribution >= 0.6 is 11.3 Å². The molecule has 0 aliphatic heterocycles. The molecule has 0 radical (unpaired) electrons. The third-order valence-corrected chi connectivity index (χ3v) is 4.00. The van der Waals surface area contributed by atoms with Crippen molar-refractivity contribution in [2.45, 2.75) is 44.7 Å². The highest BCUT2D eigenvalue weighted by Gasteiger charge is 2.22. The summed E-state index contributed by atoms with van der Waals surface area (Å²) < 4.78 is 0. The summed E-state index contributed by atoms with van der Waals surface area (Å²) in [6, 6.07) is 5.09. The van der Waals surface area contributed by atoms with Crippen molar-refractivity contribution in [3.05, 3.63) is 22.4 Å². The average Bonchev–Trinajstić information content (AvgIpc) is 2.96. The van der Waals surface area contributed by atoms with E-state index in [0.29, 0.717) is 18.5 Å².